The Morgan fingerprint density at radius 2 is 1.88 bits per heavy atom. The Balaban J connectivity index is 2.49. The molecule has 2 atom stereocenters. The van der Waals surface area contributed by atoms with Crippen molar-refractivity contribution in [2.45, 2.75) is 64.3 Å². The third kappa shape index (κ3) is 3.54. The van der Waals surface area contributed by atoms with Crippen LogP contribution in [-0.2, 0) is 20.4 Å². The molecule has 1 fully saturated rings. The van der Waals surface area contributed by atoms with E-state index in [1.807, 2.05) is 19.1 Å². The molecule has 3 nitrogen and oxygen atoms in total. The number of esters is 1. The molecule has 0 amide bonds. The van der Waals surface area contributed by atoms with Crippen LogP contribution in [0.2, 0.25) is 18.1 Å². The molecular formula is C21H31IO3Si. The fraction of sp³-hybridized carbons (Fsp3) is 0.571. The first-order valence-electron chi connectivity index (χ1n) is 9.01. The molecule has 0 heterocycles. The Morgan fingerprint density at radius 1 is 1.31 bits per heavy atom. The number of ether oxygens (including phenoxy) is 1. The monoisotopic (exact) mass is 486 g/mol. The van der Waals surface area contributed by atoms with E-state index in [9.17, 15) is 4.79 Å². The number of benzene rings is 1. The van der Waals surface area contributed by atoms with E-state index in [2.05, 4.69) is 75.2 Å². The second kappa shape index (κ2) is 7.06. The van der Waals surface area contributed by atoms with Crippen LogP contribution in [-0.4, -0.2) is 27.0 Å². The maximum absolute atomic E-state index is 12.9. The van der Waals surface area contributed by atoms with E-state index in [0.717, 1.165) is 14.7 Å². The smallest absolute Gasteiger partial charge is 0.315 e. The van der Waals surface area contributed by atoms with Crippen LogP contribution in [0.25, 0.3) is 0 Å². The van der Waals surface area contributed by atoms with E-state index in [0.29, 0.717) is 12.8 Å². The van der Waals surface area contributed by atoms with Crippen molar-refractivity contribution in [1.82, 2.24) is 0 Å². The van der Waals surface area contributed by atoms with Gasteiger partial charge in [-0.3, -0.25) is 4.79 Å². The molecule has 144 valence electrons. The van der Waals surface area contributed by atoms with E-state index >= 15 is 0 Å². The maximum Gasteiger partial charge on any atom is 0.315 e. The highest BCUT2D eigenvalue weighted by Gasteiger charge is 2.75. The molecule has 0 radical (unpaired) electrons. The van der Waals surface area contributed by atoms with Crippen molar-refractivity contribution in [3.63, 3.8) is 0 Å². The lowest BCUT2D eigenvalue weighted by atomic mass is 9.90. The average molecular weight is 486 g/mol. The van der Waals surface area contributed by atoms with Gasteiger partial charge in [0.05, 0.1) is 12.7 Å². The van der Waals surface area contributed by atoms with Gasteiger partial charge >= 0.3 is 5.97 Å². The van der Waals surface area contributed by atoms with Crippen molar-refractivity contribution in [3.05, 3.63) is 45.6 Å². The summed E-state index contributed by atoms with van der Waals surface area (Å²) in [6.45, 7) is 17.3. The lowest BCUT2D eigenvalue weighted by molar-refractivity contribution is -0.149. The minimum atomic E-state index is -2.09. The summed E-state index contributed by atoms with van der Waals surface area (Å²) in [7, 11) is -0.623. The van der Waals surface area contributed by atoms with Crippen molar-refractivity contribution in [3.8, 4) is 0 Å². The standard InChI is InChI=1S/C21H31IO3Si/c1-15(2)21(25-26(7,8)19(3,4)5)14-20(21,18(23)24-6)13-16-11-9-10-12-17(16)22/h9-12H,1,13-14H2,2-8H3/t20-,21-/m0/s1. The molecule has 26 heavy (non-hydrogen) atoms. The molecule has 0 unspecified atom stereocenters. The molecule has 0 saturated heterocycles. The quantitative estimate of drug-likeness (QED) is 0.223. The summed E-state index contributed by atoms with van der Waals surface area (Å²) in [5.41, 5.74) is 0.742. The van der Waals surface area contributed by atoms with Gasteiger partial charge in [0.1, 0.15) is 5.41 Å². The number of rotatable bonds is 6. The summed E-state index contributed by atoms with van der Waals surface area (Å²) in [4.78, 5) is 12.9. The third-order valence-electron chi connectivity index (χ3n) is 6.15. The Labute approximate surface area is 172 Å². The van der Waals surface area contributed by atoms with Gasteiger partial charge in [-0.25, -0.2) is 0 Å². The molecule has 0 aliphatic heterocycles. The zero-order valence-electron chi connectivity index (χ0n) is 17.0. The van der Waals surface area contributed by atoms with Crippen LogP contribution >= 0.6 is 22.6 Å². The summed E-state index contributed by atoms with van der Waals surface area (Å²) < 4.78 is 13.3. The first-order chi connectivity index (χ1) is 11.8. The van der Waals surface area contributed by atoms with Crippen molar-refractivity contribution < 1.29 is 14.0 Å². The normalized spacial score (nSPS) is 25.7. The number of carbonyl (C=O) groups excluding carboxylic acids is 1. The second-order valence-electron chi connectivity index (χ2n) is 8.99. The van der Waals surface area contributed by atoms with Crippen LogP contribution in [0, 0.1) is 8.99 Å². The Kier molecular flexibility index (Phi) is 5.87. The highest BCUT2D eigenvalue weighted by Crippen LogP contribution is 2.66. The first-order valence-corrected chi connectivity index (χ1v) is 13.0. The lowest BCUT2D eigenvalue weighted by Gasteiger charge is -2.41. The predicted octanol–water partition coefficient (Wildman–Crippen LogP) is 5.73. The van der Waals surface area contributed by atoms with Crippen molar-refractivity contribution >= 4 is 36.9 Å². The van der Waals surface area contributed by atoms with Gasteiger partial charge in [0.25, 0.3) is 0 Å². The fourth-order valence-electron chi connectivity index (χ4n) is 3.43. The largest absolute Gasteiger partial charge is 0.468 e. The van der Waals surface area contributed by atoms with Gasteiger partial charge in [0.15, 0.2) is 8.32 Å². The van der Waals surface area contributed by atoms with Gasteiger partial charge in [-0.15, -0.1) is 0 Å². The van der Waals surface area contributed by atoms with Crippen molar-refractivity contribution in [2.24, 2.45) is 5.41 Å². The minimum absolute atomic E-state index is 0.0566. The van der Waals surface area contributed by atoms with Crippen LogP contribution in [0.3, 0.4) is 0 Å². The molecular weight excluding hydrogens is 455 g/mol. The summed E-state index contributed by atoms with van der Waals surface area (Å²) in [5.74, 6) is -0.195. The van der Waals surface area contributed by atoms with Crippen LogP contribution in [0.15, 0.2) is 36.4 Å². The number of carbonyl (C=O) groups is 1. The van der Waals surface area contributed by atoms with E-state index in [4.69, 9.17) is 9.16 Å². The van der Waals surface area contributed by atoms with Crippen LogP contribution in [0.5, 0.6) is 0 Å². The van der Waals surface area contributed by atoms with Gasteiger partial charge in [-0.05, 0) is 77.7 Å². The van der Waals surface area contributed by atoms with E-state index in [1.54, 1.807) is 0 Å². The van der Waals surface area contributed by atoms with Crippen LogP contribution in [0.1, 0.15) is 39.7 Å². The molecule has 1 saturated carbocycles. The number of methoxy groups -OCH3 is 1. The Morgan fingerprint density at radius 3 is 2.35 bits per heavy atom. The Bertz CT molecular complexity index is 722. The highest BCUT2D eigenvalue weighted by atomic mass is 127. The molecule has 0 bridgehead atoms. The summed E-state index contributed by atoms with van der Waals surface area (Å²) >= 11 is 2.33. The fourth-order valence-corrected chi connectivity index (χ4v) is 5.62. The minimum Gasteiger partial charge on any atom is -0.468 e. The summed E-state index contributed by atoms with van der Waals surface area (Å²) in [6, 6.07) is 8.18. The summed E-state index contributed by atoms with van der Waals surface area (Å²) in [6.07, 6.45) is 1.25. The molecule has 1 aromatic rings. The molecule has 0 aromatic heterocycles. The first kappa shape index (κ1) is 21.6. The lowest BCUT2D eigenvalue weighted by Crippen LogP contribution is -2.48. The topological polar surface area (TPSA) is 35.5 Å². The SMILES string of the molecule is C=C(C)[C@@]1(O[Si](C)(C)C(C)(C)C)C[C@@]1(Cc1ccccc1I)C(=O)OC. The average Bonchev–Trinajstić information content (AvgIpc) is 3.16. The Hall–Kier alpha value is -0.663. The van der Waals surface area contributed by atoms with Crippen LogP contribution < -0.4 is 0 Å². The van der Waals surface area contributed by atoms with Gasteiger partial charge in [-0.1, -0.05) is 45.5 Å². The molecule has 1 aliphatic carbocycles. The summed E-state index contributed by atoms with van der Waals surface area (Å²) in [5, 5.41) is 0.0566. The number of hydrogen-bond acceptors (Lipinski definition) is 3. The molecule has 1 aromatic carbocycles. The zero-order valence-corrected chi connectivity index (χ0v) is 20.2. The zero-order chi connectivity index (χ0) is 20.0. The molecule has 0 N–H and O–H groups in total. The second-order valence-corrected chi connectivity index (χ2v) is 14.9. The predicted molar refractivity (Wildman–Crippen MR) is 118 cm³/mol. The van der Waals surface area contributed by atoms with E-state index < -0.39 is 19.3 Å². The van der Waals surface area contributed by atoms with Gasteiger partial charge in [0.2, 0.25) is 0 Å². The third-order valence-corrected chi connectivity index (χ3v) is 11.7. The van der Waals surface area contributed by atoms with Crippen molar-refractivity contribution in [2.75, 3.05) is 7.11 Å². The molecule has 0 spiro atoms. The van der Waals surface area contributed by atoms with Gasteiger partial charge in [0, 0.05) is 3.57 Å². The van der Waals surface area contributed by atoms with Gasteiger partial charge < -0.3 is 9.16 Å². The maximum atomic E-state index is 12.9. The van der Waals surface area contributed by atoms with E-state index in [1.165, 1.54) is 7.11 Å². The van der Waals surface area contributed by atoms with Gasteiger partial charge in [-0.2, -0.15) is 0 Å². The number of hydrogen-bond donors (Lipinski definition) is 0. The highest BCUT2D eigenvalue weighted by molar-refractivity contribution is 14.1. The molecule has 1 aliphatic rings. The molecule has 5 heteroatoms. The number of halogens is 1. The van der Waals surface area contributed by atoms with Crippen LogP contribution in [0.4, 0.5) is 0 Å². The van der Waals surface area contributed by atoms with E-state index in [-0.39, 0.29) is 11.0 Å². The van der Waals surface area contributed by atoms with Crippen molar-refractivity contribution in [1.29, 1.82) is 0 Å². The molecule has 2 rings (SSSR count).